The Morgan fingerprint density at radius 1 is 1.50 bits per heavy atom. The summed E-state index contributed by atoms with van der Waals surface area (Å²) < 4.78 is 35.8. The van der Waals surface area contributed by atoms with Crippen LogP contribution in [0.15, 0.2) is 18.2 Å². The van der Waals surface area contributed by atoms with Crippen LogP contribution in [-0.4, -0.2) is 26.0 Å². The van der Waals surface area contributed by atoms with E-state index in [4.69, 9.17) is 11.6 Å². The van der Waals surface area contributed by atoms with E-state index in [0.717, 1.165) is 0 Å². The molecule has 5 nitrogen and oxygen atoms in total. The molecule has 0 saturated carbocycles. The molecule has 0 aliphatic heterocycles. The second-order valence-electron chi connectivity index (χ2n) is 2.97. The Morgan fingerprint density at radius 3 is 2.56 bits per heavy atom. The summed E-state index contributed by atoms with van der Waals surface area (Å²) in [6.07, 6.45) is 0. The van der Waals surface area contributed by atoms with Crippen LogP contribution in [0.25, 0.3) is 0 Å². The molecule has 0 N–H and O–H groups in total. The molecule has 1 aromatic carbocycles. The summed E-state index contributed by atoms with van der Waals surface area (Å²) in [6.45, 7) is 0. The van der Waals surface area contributed by atoms with Crippen molar-refractivity contribution in [2.75, 3.05) is 7.11 Å². The molecule has 9 heteroatoms. The smallest absolute Gasteiger partial charge is 0.739 e. The van der Waals surface area contributed by atoms with Crippen LogP contribution in [-0.2, 0) is 19.6 Å². The third-order valence-corrected chi connectivity index (χ3v) is 4.12. The SMILES string of the molecule is COC(=O)c1ccc(CSS(=O)(=O)[O-])c(Cl)c1.[Na+]. The van der Waals surface area contributed by atoms with Crippen molar-refractivity contribution in [3.8, 4) is 0 Å². The number of carbonyl (C=O) groups excluding carboxylic acids is 1. The average molecular weight is 319 g/mol. The Balaban J connectivity index is 0.00000289. The zero-order valence-electron chi connectivity index (χ0n) is 9.67. The second kappa shape index (κ2) is 7.74. The van der Waals surface area contributed by atoms with Gasteiger partial charge in [-0.25, -0.2) is 13.2 Å². The Labute approximate surface area is 136 Å². The molecule has 1 aromatic rings. The number of methoxy groups -OCH3 is 1. The molecule has 0 aliphatic carbocycles. The van der Waals surface area contributed by atoms with Gasteiger partial charge in [-0.05, 0) is 28.5 Å². The van der Waals surface area contributed by atoms with Gasteiger partial charge < -0.3 is 9.29 Å². The number of hydrogen-bond donors (Lipinski definition) is 0. The Bertz CT molecular complexity index is 532. The van der Waals surface area contributed by atoms with Crippen molar-refractivity contribution in [3.63, 3.8) is 0 Å². The van der Waals surface area contributed by atoms with E-state index in [-0.39, 0.29) is 56.7 Å². The van der Waals surface area contributed by atoms with Gasteiger partial charge in [-0.1, -0.05) is 17.7 Å². The Hall–Kier alpha value is 0.240. The predicted octanol–water partition coefficient (Wildman–Crippen LogP) is -1.18. The van der Waals surface area contributed by atoms with Crippen LogP contribution in [0.4, 0.5) is 0 Å². The van der Waals surface area contributed by atoms with Crippen LogP contribution < -0.4 is 29.6 Å². The van der Waals surface area contributed by atoms with Gasteiger partial charge in [-0.3, -0.25) is 0 Å². The van der Waals surface area contributed by atoms with E-state index in [1.807, 2.05) is 0 Å². The molecule has 0 aromatic heterocycles. The maximum absolute atomic E-state index is 11.2. The van der Waals surface area contributed by atoms with Crippen molar-refractivity contribution >= 4 is 37.5 Å². The summed E-state index contributed by atoms with van der Waals surface area (Å²) in [5.41, 5.74) is 0.722. The van der Waals surface area contributed by atoms with E-state index in [1.165, 1.54) is 25.3 Å². The molecule has 94 valence electrons. The second-order valence-corrected chi connectivity index (χ2v) is 6.65. The molecule has 0 saturated heterocycles. The van der Waals surface area contributed by atoms with Crippen molar-refractivity contribution in [3.05, 3.63) is 34.3 Å². The summed E-state index contributed by atoms with van der Waals surface area (Å²) >= 11 is 5.84. The Kier molecular flexibility index (Phi) is 7.84. The first kappa shape index (κ1) is 18.2. The van der Waals surface area contributed by atoms with Crippen molar-refractivity contribution in [1.29, 1.82) is 0 Å². The first-order valence-corrected chi connectivity index (χ1v) is 7.59. The fraction of sp³-hybridized carbons (Fsp3) is 0.222. The average Bonchev–Trinajstić information content (AvgIpc) is 2.25. The maximum Gasteiger partial charge on any atom is 1.00 e. The van der Waals surface area contributed by atoms with Crippen LogP contribution in [0, 0.1) is 0 Å². The number of carbonyl (C=O) groups is 1. The van der Waals surface area contributed by atoms with Gasteiger partial charge in [0.05, 0.1) is 12.7 Å². The van der Waals surface area contributed by atoms with E-state index < -0.39 is 15.1 Å². The molecule has 0 aliphatic rings. The van der Waals surface area contributed by atoms with E-state index in [1.54, 1.807) is 0 Å². The summed E-state index contributed by atoms with van der Waals surface area (Å²) in [7, 11) is -2.88. The van der Waals surface area contributed by atoms with Crippen LogP contribution in [0.5, 0.6) is 0 Å². The van der Waals surface area contributed by atoms with Crippen molar-refractivity contribution < 1.29 is 52.1 Å². The molecule has 0 unspecified atom stereocenters. The summed E-state index contributed by atoms with van der Waals surface area (Å²) in [5.74, 6) is -0.603. The molecular weight excluding hydrogens is 311 g/mol. The number of halogens is 1. The molecule has 0 bridgehead atoms. The third-order valence-electron chi connectivity index (χ3n) is 1.83. The molecule has 0 spiro atoms. The Morgan fingerprint density at radius 2 is 2.11 bits per heavy atom. The molecule has 0 fully saturated rings. The molecule has 0 heterocycles. The number of benzene rings is 1. The van der Waals surface area contributed by atoms with Crippen molar-refractivity contribution in [1.82, 2.24) is 0 Å². The van der Waals surface area contributed by atoms with Gasteiger partial charge in [0.1, 0.15) is 9.15 Å². The summed E-state index contributed by atoms with van der Waals surface area (Å²) in [4.78, 5) is 11.2. The summed E-state index contributed by atoms with van der Waals surface area (Å²) in [5, 5.41) is 0.212. The molecule has 0 amide bonds. The van der Waals surface area contributed by atoms with Gasteiger partial charge >= 0.3 is 35.5 Å². The summed E-state index contributed by atoms with van der Waals surface area (Å²) in [6, 6.07) is 4.29. The van der Waals surface area contributed by atoms with E-state index >= 15 is 0 Å². The van der Waals surface area contributed by atoms with Crippen LogP contribution in [0.1, 0.15) is 15.9 Å². The number of esters is 1. The van der Waals surface area contributed by atoms with E-state index in [2.05, 4.69) is 4.74 Å². The topological polar surface area (TPSA) is 83.5 Å². The van der Waals surface area contributed by atoms with Gasteiger partial charge in [-0.15, -0.1) is 0 Å². The van der Waals surface area contributed by atoms with E-state index in [0.29, 0.717) is 5.56 Å². The molecular formula is C9H8ClNaO5S2. The minimum absolute atomic E-state index is 0. The van der Waals surface area contributed by atoms with Crippen LogP contribution in [0.2, 0.25) is 5.02 Å². The zero-order chi connectivity index (χ0) is 13.1. The minimum Gasteiger partial charge on any atom is -0.739 e. The molecule has 1 rings (SSSR count). The third kappa shape index (κ3) is 5.92. The van der Waals surface area contributed by atoms with Crippen molar-refractivity contribution in [2.24, 2.45) is 0 Å². The fourth-order valence-electron chi connectivity index (χ4n) is 1.04. The van der Waals surface area contributed by atoms with Crippen LogP contribution >= 0.6 is 22.4 Å². The first-order valence-electron chi connectivity index (χ1n) is 4.30. The standard InChI is InChI=1S/C9H9ClO5S2.Na/c1-15-9(11)6-2-3-7(8(10)4-6)5-16-17(12,13)14;/h2-4H,5H2,1H3,(H,12,13,14);/q;+1/p-1. The number of ether oxygens (including phenoxy) is 1. The van der Waals surface area contributed by atoms with E-state index in [9.17, 15) is 17.8 Å². The monoisotopic (exact) mass is 318 g/mol. The number of hydrogen-bond acceptors (Lipinski definition) is 6. The molecule has 0 radical (unpaired) electrons. The fourth-order valence-corrected chi connectivity index (χ4v) is 2.71. The first-order chi connectivity index (χ1) is 7.83. The van der Waals surface area contributed by atoms with Gasteiger partial charge in [0.25, 0.3) is 0 Å². The molecule has 18 heavy (non-hydrogen) atoms. The largest absolute Gasteiger partial charge is 1.00 e. The van der Waals surface area contributed by atoms with Crippen LogP contribution in [0.3, 0.4) is 0 Å². The number of rotatable bonds is 4. The van der Waals surface area contributed by atoms with Gasteiger partial charge in [0, 0.05) is 10.8 Å². The maximum atomic E-state index is 11.2. The quantitative estimate of drug-likeness (QED) is 0.301. The minimum atomic E-state index is -4.35. The normalized spacial score (nSPS) is 10.6. The van der Waals surface area contributed by atoms with Gasteiger partial charge in [0.2, 0.25) is 0 Å². The van der Waals surface area contributed by atoms with Crippen molar-refractivity contribution in [2.45, 2.75) is 5.75 Å². The molecule has 0 atom stereocenters. The zero-order valence-corrected chi connectivity index (χ0v) is 14.1. The van der Waals surface area contributed by atoms with Gasteiger partial charge in [-0.2, -0.15) is 0 Å². The predicted molar refractivity (Wildman–Crippen MR) is 63.8 cm³/mol. The van der Waals surface area contributed by atoms with Gasteiger partial charge in [0.15, 0.2) is 0 Å².